The Hall–Kier alpha value is -2.04. The van der Waals surface area contributed by atoms with Crippen LogP contribution in [0.2, 0.25) is 5.02 Å². The van der Waals surface area contributed by atoms with Gasteiger partial charge in [0.15, 0.2) is 0 Å². The molecule has 0 aromatic heterocycles. The van der Waals surface area contributed by atoms with Gasteiger partial charge < -0.3 is 9.47 Å². The van der Waals surface area contributed by atoms with Crippen molar-refractivity contribution in [3.05, 3.63) is 58.6 Å². The number of ether oxygens (including phenoxy) is 2. The Labute approximate surface area is 241 Å². The van der Waals surface area contributed by atoms with Gasteiger partial charge in [-0.25, -0.2) is 0 Å². The molecule has 0 aliphatic carbocycles. The molecule has 214 valence electrons. The number of rotatable bonds is 14. The predicted octanol–water partition coefficient (Wildman–Crippen LogP) is 9.61. The lowest BCUT2D eigenvalue weighted by Crippen LogP contribution is -2.45. The number of likely N-dealkylation sites (tertiary alicyclic amines) is 1. The number of likely N-dealkylation sites (N-methyl/N-ethyl adjacent to an activating group) is 1. The van der Waals surface area contributed by atoms with Crippen molar-refractivity contribution >= 4 is 17.6 Å². The zero-order valence-corrected chi connectivity index (χ0v) is 25.4. The molecule has 39 heavy (non-hydrogen) atoms. The molecule has 5 heteroatoms. The number of fused-ring (bicyclic) bond motifs is 5. The first-order valence-corrected chi connectivity index (χ1v) is 15.7. The number of quaternary nitrogens is 1. The first-order valence-electron chi connectivity index (χ1n) is 15.3. The van der Waals surface area contributed by atoms with Gasteiger partial charge in [0.1, 0.15) is 11.5 Å². The van der Waals surface area contributed by atoms with Gasteiger partial charge in [-0.1, -0.05) is 101 Å². The molecule has 2 aromatic carbocycles. The largest absolute Gasteiger partial charge is 0.457 e. The van der Waals surface area contributed by atoms with Crippen LogP contribution in [-0.4, -0.2) is 37.3 Å². The van der Waals surface area contributed by atoms with Crippen molar-refractivity contribution < 1.29 is 18.8 Å². The topological polar surface area (TPSA) is 35.5 Å². The Morgan fingerprint density at radius 1 is 0.897 bits per heavy atom. The van der Waals surface area contributed by atoms with Crippen LogP contribution in [0.4, 0.5) is 0 Å². The normalized spacial score (nSPS) is 21.9. The Bertz CT molecular complexity index is 1100. The highest BCUT2D eigenvalue weighted by atomic mass is 35.5. The predicted molar refractivity (Wildman–Crippen MR) is 161 cm³/mol. The maximum absolute atomic E-state index is 13.2. The van der Waals surface area contributed by atoms with E-state index in [4.69, 9.17) is 21.1 Å². The number of unbranched alkanes of at least 4 members (excludes halogenated alkanes) is 9. The van der Waals surface area contributed by atoms with Crippen LogP contribution < -0.4 is 4.74 Å². The van der Waals surface area contributed by atoms with Crippen LogP contribution in [0.1, 0.15) is 114 Å². The summed E-state index contributed by atoms with van der Waals surface area (Å²) >= 11 is 6.43. The van der Waals surface area contributed by atoms with E-state index in [9.17, 15) is 4.79 Å². The van der Waals surface area contributed by atoms with Crippen molar-refractivity contribution in [3.8, 4) is 11.5 Å². The summed E-state index contributed by atoms with van der Waals surface area (Å²) in [5.41, 5.74) is 1.92. The van der Waals surface area contributed by atoms with Crippen LogP contribution in [0.5, 0.6) is 11.5 Å². The van der Waals surface area contributed by atoms with Crippen LogP contribution in [0.3, 0.4) is 0 Å². The molecule has 0 radical (unpaired) electrons. The molecule has 2 heterocycles. The van der Waals surface area contributed by atoms with E-state index in [1.54, 1.807) is 0 Å². The molecule has 0 saturated carbocycles. The summed E-state index contributed by atoms with van der Waals surface area (Å²) in [7, 11) is 2.21. The fourth-order valence-electron chi connectivity index (χ4n) is 6.48. The molecular weight excluding hydrogens is 506 g/mol. The van der Waals surface area contributed by atoms with Crippen LogP contribution in [0.15, 0.2) is 42.5 Å². The SMILES string of the molecule is CCCCCCCCCCCCC(C)(C)C(=O)OC[N+]1(C)CC2c3ccccc3Oc3ccc(Cl)cc3[C@H]2C1. The lowest BCUT2D eigenvalue weighted by atomic mass is 9.84. The van der Waals surface area contributed by atoms with Crippen molar-refractivity contribution in [1.82, 2.24) is 0 Å². The molecule has 0 spiro atoms. The molecule has 0 N–H and O–H groups in total. The van der Waals surface area contributed by atoms with Crippen LogP contribution in [-0.2, 0) is 9.53 Å². The Morgan fingerprint density at radius 3 is 2.18 bits per heavy atom. The second-order valence-corrected chi connectivity index (χ2v) is 13.3. The van der Waals surface area contributed by atoms with Crippen molar-refractivity contribution in [2.24, 2.45) is 5.41 Å². The van der Waals surface area contributed by atoms with Gasteiger partial charge in [-0.15, -0.1) is 0 Å². The van der Waals surface area contributed by atoms with E-state index in [1.807, 2.05) is 32.0 Å². The van der Waals surface area contributed by atoms with Crippen molar-refractivity contribution in [1.29, 1.82) is 0 Å². The minimum atomic E-state index is -0.455. The maximum atomic E-state index is 13.2. The third-order valence-corrected chi connectivity index (χ3v) is 9.12. The minimum Gasteiger partial charge on any atom is -0.457 e. The molecular formula is C34H49ClNO3+. The van der Waals surface area contributed by atoms with E-state index in [0.29, 0.717) is 11.2 Å². The summed E-state index contributed by atoms with van der Waals surface area (Å²) in [6.45, 7) is 8.52. The third kappa shape index (κ3) is 7.79. The molecule has 0 amide bonds. The molecule has 4 rings (SSSR count). The standard InChI is InChI=1S/C34H49ClNO3/c1-5-6-7-8-9-10-11-12-13-16-21-34(2,3)33(37)38-25-36(4)23-29-27-17-14-15-18-31(27)39-32-20-19-26(35)22-28(32)30(29)24-36/h14-15,17-20,22,29-30H,5-13,16,21,23-25H2,1-4H3/q+1/t29?,30-,36?/m1/s1. The molecule has 3 atom stereocenters. The van der Waals surface area contributed by atoms with Gasteiger partial charge in [0.25, 0.3) is 0 Å². The summed E-state index contributed by atoms with van der Waals surface area (Å²) in [4.78, 5) is 13.2. The Morgan fingerprint density at radius 2 is 1.49 bits per heavy atom. The van der Waals surface area contributed by atoms with Gasteiger partial charge in [-0.3, -0.25) is 9.28 Å². The lowest BCUT2D eigenvalue weighted by Gasteiger charge is -2.31. The Kier molecular flexibility index (Phi) is 10.4. The average Bonchev–Trinajstić information content (AvgIpc) is 3.21. The van der Waals surface area contributed by atoms with Crippen LogP contribution >= 0.6 is 11.6 Å². The highest BCUT2D eigenvalue weighted by molar-refractivity contribution is 6.30. The molecule has 1 fully saturated rings. The summed E-state index contributed by atoms with van der Waals surface area (Å²) in [5.74, 6) is 2.26. The fraction of sp³-hybridized carbons (Fsp3) is 0.618. The maximum Gasteiger partial charge on any atom is 0.315 e. The van der Waals surface area contributed by atoms with E-state index >= 15 is 0 Å². The van der Waals surface area contributed by atoms with Gasteiger partial charge in [0.2, 0.25) is 6.73 Å². The van der Waals surface area contributed by atoms with E-state index < -0.39 is 5.41 Å². The van der Waals surface area contributed by atoms with Crippen molar-refractivity contribution in [2.45, 2.75) is 103 Å². The number of halogens is 1. The zero-order valence-electron chi connectivity index (χ0n) is 24.6. The average molecular weight is 555 g/mol. The summed E-state index contributed by atoms with van der Waals surface area (Å²) in [6, 6.07) is 14.3. The number of hydrogen-bond acceptors (Lipinski definition) is 3. The summed E-state index contributed by atoms with van der Waals surface area (Å²) in [6.07, 6.45) is 13.9. The molecule has 2 aliphatic heterocycles. The number of carbonyl (C=O) groups excluding carboxylic acids is 1. The molecule has 2 aliphatic rings. The molecule has 2 unspecified atom stereocenters. The first-order chi connectivity index (χ1) is 18.7. The second-order valence-electron chi connectivity index (χ2n) is 12.9. The quantitative estimate of drug-likeness (QED) is 0.132. The fourth-order valence-corrected chi connectivity index (χ4v) is 6.66. The molecule has 1 saturated heterocycles. The molecule has 2 aromatic rings. The number of carbonyl (C=O) groups is 1. The highest BCUT2D eigenvalue weighted by Gasteiger charge is 2.48. The van der Waals surface area contributed by atoms with Gasteiger partial charge in [0.05, 0.1) is 25.6 Å². The number of hydrogen-bond donors (Lipinski definition) is 0. The van der Waals surface area contributed by atoms with E-state index in [-0.39, 0.29) is 17.8 Å². The van der Waals surface area contributed by atoms with E-state index in [1.165, 1.54) is 63.4 Å². The van der Waals surface area contributed by atoms with Crippen molar-refractivity contribution in [3.63, 3.8) is 0 Å². The summed E-state index contributed by atoms with van der Waals surface area (Å²) < 4.78 is 13.1. The van der Waals surface area contributed by atoms with Crippen LogP contribution in [0, 0.1) is 5.41 Å². The summed E-state index contributed by atoms with van der Waals surface area (Å²) in [5, 5.41) is 0.725. The number of esters is 1. The van der Waals surface area contributed by atoms with Gasteiger partial charge in [0, 0.05) is 28.0 Å². The smallest absolute Gasteiger partial charge is 0.315 e. The van der Waals surface area contributed by atoms with Gasteiger partial charge >= 0.3 is 5.97 Å². The number of benzene rings is 2. The third-order valence-electron chi connectivity index (χ3n) is 8.89. The minimum absolute atomic E-state index is 0.0722. The second kappa shape index (κ2) is 13.5. The zero-order chi connectivity index (χ0) is 27.9. The molecule has 0 bridgehead atoms. The number of para-hydroxylation sites is 1. The first kappa shape index (κ1) is 29.9. The van der Waals surface area contributed by atoms with Crippen molar-refractivity contribution in [2.75, 3.05) is 26.9 Å². The molecule has 4 nitrogen and oxygen atoms in total. The van der Waals surface area contributed by atoms with Gasteiger partial charge in [-0.2, -0.15) is 0 Å². The van der Waals surface area contributed by atoms with E-state index in [0.717, 1.165) is 48.0 Å². The lowest BCUT2D eigenvalue weighted by molar-refractivity contribution is -0.915. The van der Waals surface area contributed by atoms with E-state index in [2.05, 4.69) is 38.2 Å². The Balaban J connectivity index is 1.29. The monoisotopic (exact) mass is 554 g/mol. The number of nitrogens with zero attached hydrogens (tertiary/aromatic N) is 1. The van der Waals surface area contributed by atoms with Gasteiger partial charge in [-0.05, 0) is 44.5 Å². The van der Waals surface area contributed by atoms with Crippen LogP contribution in [0.25, 0.3) is 0 Å². The highest BCUT2D eigenvalue weighted by Crippen LogP contribution is 2.51.